The Morgan fingerprint density at radius 1 is 0.943 bits per heavy atom. The van der Waals surface area contributed by atoms with Crippen LogP contribution in [0.1, 0.15) is 17.5 Å². The van der Waals surface area contributed by atoms with Crippen molar-refractivity contribution in [2.24, 2.45) is 0 Å². The summed E-state index contributed by atoms with van der Waals surface area (Å²) in [5, 5.41) is 27.5. The Morgan fingerprint density at radius 2 is 1.63 bits per heavy atom. The van der Waals surface area contributed by atoms with Gasteiger partial charge in [0.2, 0.25) is 5.91 Å². The van der Waals surface area contributed by atoms with Gasteiger partial charge < -0.3 is 25.6 Å². The van der Waals surface area contributed by atoms with Crippen LogP contribution in [-0.2, 0) is 17.8 Å². The van der Waals surface area contributed by atoms with Crippen LogP contribution >= 0.6 is 11.8 Å². The number of thioether (sulfide) groups is 1. The molecule has 0 aliphatic heterocycles. The summed E-state index contributed by atoms with van der Waals surface area (Å²) in [4.78, 5) is 13.8. The van der Waals surface area contributed by atoms with E-state index in [0.717, 1.165) is 21.8 Å². The van der Waals surface area contributed by atoms with Gasteiger partial charge in [0.05, 0.1) is 19.3 Å². The van der Waals surface area contributed by atoms with Gasteiger partial charge in [-0.15, -0.1) is 11.8 Å². The Morgan fingerprint density at radius 3 is 2.34 bits per heavy atom. The maximum atomic E-state index is 12.7. The molecule has 3 atom stereocenters. The number of hydrogen-bond donors (Lipinski definition) is 4. The summed E-state index contributed by atoms with van der Waals surface area (Å²) < 4.78 is 5.26. The third-order valence-electron chi connectivity index (χ3n) is 5.61. The van der Waals surface area contributed by atoms with Gasteiger partial charge in [-0.1, -0.05) is 60.7 Å². The van der Waals surface area contributed by atoms with Crippen molar-refractivity contribution in [3.63, 3.8) is 0 Å². The molecule has 3 unspecified atom stereocenters. The molecule has 0 fully saturated rings. The average Bonchev–Trinajstić information content (AvgIpc) is 2.89. The fraction of sp³-hybridized carbons (Fsp3) is 0.321. The van der Waals surface area contributed by atoms with Crippen LogP contribution < -0.4 is 15.4 Å². The van der Waals surface area contributed by atoms with Crippen molar-refractivity contribution in [2.45, 2.75) is 42.5 Å². The van der Waals surface area contributed by atoms with E-state index in [4.69, 9.17) is 4.74 Å². The molecule has 0 saturated carbocycles. The fourth-order valence-electron chi connectivity index (χ4n) is 3.66. The lowest BCUT2D eigenvalue weighted by Crippen LogP contribution is -2.51. The molecule has 0 bridgehead atoms. The number of benzene rings is 3. The van der Waals surface area contributed by atoms with Crippen LogP contribution in [0.3, 0.4) is 0 Å². The molecule has 1 amide bonds. The number of aliphatic hydroxyl groups excluding tert-OH is 2. The summed E-state index contributed by atoms with van der Waals surface area (Å²) in [6.07, 6.45) is -1.19. The van der Waals surface area contributed by atoms with E-state index in [1.54, 1.807) is 18.9 Å². The Balaban J connectivity index is 1.54. The zero-order valence-electron chi connectivity index (χ0n) is 20.0. The molecule has 0 aliphatic rings. The first-order valence-electron chi connectivity index (χ1n) is 11.8. The summed E-state index contributed by atoms with van der Waals surface area (Å²) in [5.74, 6) is 0.928. The zero-order valence-corrected chi connectivity index (χ0v) is 20.8. The molecule has 3 aromatic carbocycles. The minimum absolute atomic E-state index is 0.287. The first-order valence-corrected chi connectivity index (χ1v) is 12.8. The van der Waals surface area contributed by atoms with Gasteiger partial charge >= 0.3 is 0 Å². The van der Waals surface area contributed by atoms with E-state index >= 15 is 0 Å². The van der Waals surface area contributed by atoms with Crippen molar-refractivity contribution >= 4 is 17.7 Å². The van der Waals surface area contributed by atoms with Gasteiger partial charge in [-0.25, -0.2) is 0 Å². The van der Waals surface area contributed by atoms with E-state index < -0.39 is 24.2 Å². The van der Waals surface area contributed by atoms with Crippen molar-refractivity contribution in [1.82, 2.24) is 10.6 Å². The van der Waals surface area contributed by atoms with Crippen molar-refractivity contribution in [3.05, 3.63) is 96.1 Å². The molecule has 0 saturated heterocycles. The molecule has 0 spiro atoms. The Labute approximate surface area is 211 Å². The zero-order chi connectivity index (χ0) is 24.9. The molecule has 4 N–H and O–H groups in total. The predicted octanol–water partition coefficient (Wildman–Crippen LogP) is 3.42. The van der Waals surface area contributed by atoms with Crippen molar-refractivity contribution in [1.29, 1.82) is 0 Å². The maximum Gasteiger partial charge on any atom is 0.249 e. The summed E-state index contributed by atoms with van der Waals surface area (Å²) >= 11 is 1.60. The van der Waals surface area contributed by atoms with Gasteiger partial charge in [0.15, 0.2) is 0 Å². The second-order valence-electron chi connectivity index (χ2n) is 8.32. The number of amides is 1. The number of nitrogens with one attached hydrogen (secondary N) is 2. The second kappa shape index (κ2) is 14.5. The van der Waals surface area contributed by atoms with Crippen LogP contribution in [0.4, 0.5) is 0 Å². The Bertz CT molecular complexity index is 1020. The van der Waals surface area contributed by atoms with E-state index in [1.165, 1.54) is 0 Å². The molecule has 35 heavy (non-hydrogen) atoms. The van der Waals surface area contributed by atoms with Gasteiger partial charge in [-0.2, -0.15) is 0 Å². The summed E-state index contributed by atoms with van der Waals surface area (Å²) in [6, 6.07) is 26.8. The van der Waals surface area contributed by atoms with Crippen LogP contribution in [0.15, 0.2) is 89.8 Å². The monoisotopic (exact) mass is 494 g/mol. The minimum atomic E-state index is -1.14. The predicted molar refractivity (Wildman–Crippen MR) is 141 cm³/mol. The number of ether oxygens (including phenoxy) is 1. The molecular weight excluding hydrogens is 460 g/mol. The van der Waals surface area contributed by atoms with E-state index in [2.05, 4.69) is 10.6 Å². The average molecular weight is 495 g/mol. The SMILES string of the molecule is COc1cccc(CNCC(O)C(Cc2ccccc2)NC(=O)C(O)CCSc2ccccc2)c1. The lowest BCUT2D eigenvalue weighted by molar-refractivity contribution is -0.131. The summed E-state index contributed by atoms with van der Waals surface area (Å²) in [5.41, 5.74) is 2.03. The van der Waals surface area contributed by atoms with Gasteiger partial charge in [0, 0.05) is 23.7 Å². The topological polar surface area (TPSA) is 90.8 Å². The van der Waals surface area contributed by atoms with Crippen LogP contribution in [-0.4, -0.2) is 53.8 Å². The van der Waals surface area contributed by atoms with Crippen molar-refractivity contribution < 1.29 is 19.7 Å². The maximum absolute atomic E-state index is 12.7. The molecule has 3 rings (SSSR count). The van der Waals surface area contributed by atoms with Gasteiger partial charge in [-0.05, 0) is 48.2 Å². The number of aliphatic hydroxyl groups is 2. The number of carbonyl (C=O) groups excluding carboxylic acids is 1. The fourth-order valence-corrected chi connectivity index (χ4v) is 4.58. The highest BCUT2D eigenvalue weighted by atomic mass is 32.2. The highest BCUT2D eigenvalue weighted by Crippen LogP contribution is 2.18. The number of hydrogen-bond acceptors (Lipinski definition) is 6. The molecule has 7 heteroatoms. The lowest BCUT2D eigenvalue weighted by Gasteiger charge is -2.26. The van der Waals surface area contributed by atoms with Gasteiger partial charge in [0.25, 0.3) is 0 Å². The first-order chi connectivity index (χ1) is 17.0. The third-order valence-corrected chi connectivity index (χ3v) is 6.66. The smallest absolute Gasteiger partial charge is 0.249 e. The first kappa shape index (κ1) is 26.8. The van der Waals surface area contributed by atoms with Crippen LogP contribution in [0.2, 0.25) is 0 Å². The summed E-state index contributed by atoms with van der Waals surface area (Å²) in [6.45, 7) is 0.842. The van der Waals surface area contributed by atoms with Crippen LogP contribution in [0, 0.1) is 0 Å². The molecule has 186 valence electrons. The molecule has 6 nitrogen and oxygen atoms in total. The Kier molecular flexibility index (Phi) is 11.1. The van der Waals surface area contributed by atoms with E-state index in [0.29, 0.717) is 25.1 Å². The minimum Gasteiger partial charge on any atom is -0.497 e. The number of methoxy groups -OCH3 is 1. The van der Waals surface area contributed by atoms with Gasteiger partial charge in [-0.3, -0.25) is 4.79 Å². The standard InChI is InChI=1S/C28H34N2O4S/c1-34-23-12-8-11-22(17-23)19-29-20-27(32)25(18-21-9-4-2-5-10-21)30-28(33)26(31)15-16-35-24-13-6-3-7-14-24/h2-14,17,25-27,29,31-32H,15-16,18-20H2,1H3,(H,30,33). The molecule has 0 radical (unpaired) electrons. The third kappa shape index (κ3) is 9.38. The highest BCUT2D eigenvalue weighted by molar-refractivity contribution is 7.99. The number of carbonyl (C=O) groups is 1. The second-order valence-corrected chi connectivity index (χ2v) is 9.49. The van der Waals surface area contributed by atoms with E-state index in [9.17, 15) is 15.0 Å². The molecule has 3 aromatic rings. The van der Waals surface area contributed by atoms with E-state index in [1.807, 2.05) is 84.9 Å². The normalized spacial score (nSPS) is 13.6. The molecular formula is C28H34N2O4S. The molecule has 0 heterocycles. The number of rotatable bonds is 14. The van der Waals surface area contributed by atoms with Crippen molar-refractivity contribution in [2.75, 3.05) is 19.4 Å². The lowest BCUT2D eigenvalue weighted by atomic mass is 10.0. The largest absolute Gasteiger partial charge is 0.497 e. The van der Waals surface area contributed by atoms with Gasteiger partial charge in [0.1, 0.15) is 11.9 Å². The Hall–Kier alpha value is -2.84. The quantitative estimate of drug-likeness (QED) is 0.257. The molecule has 0 aromatic heterocycles. The molecule has 0 aliphatic carbocycles. The highest BCUT2D eigenvalue weighted by Gasteiger charge is 2.25. The van der Waals surface area contributed by atoms with Crippen molar-refractivity contribution in [3.8, 4) is 5.75 Å². The van der Waals surface area contributed by atoms with E-state index in [-0.39, 0.29) is 6.54 Å². The summed E-state index contributed by atoms with van der Waals surface area (Å²) in [7, 11) is 1.63. The van der Waals surface area contributed by atoms with Crippen LogP contribution in [0.25, 0.3) is 0 Å². The van der Waals surface area contributed by atoms with Crippen LogP contribution in [0.5, 0.6) is 5.75 Å².